The van der Waals surface area contributed by atoms with E-state index in [-0.39, 0.29) is 5.91 Å². The minimum atomic E-state index is -2.65. The van der Waals surface area contributed by atoms with Crippen molar-refractivity contribution in [3.8, 4) is 0 Å². The van der Waals surface area contributed by atoms with E-state index in [1.165, 1.54) is 0 Å². The number of nitrogens with zero attached hydrogens (tertiary/aromatic N) is 1. The summed E-state index contributed by atoms with van der Waals surface area (Å²) in [6, 6.07) is -0.764. The van der Waals surface area contributed by atoms with E-state index < -0.39 is 35.9 Å². The fourth-order valence-electron chi connectivity index (χ4n) is 2.76. The summed E-state index contributed by atoms with van der Waals surface area (Å²) >= 11 is 0. The Kier molecular flexibility index (Phi) is 4.77. The van der Waals surface area contributed by atoms with Gasteiger partial charge in [0, 0.05) is 0 Å². The second-order valence-electron chi connectivity index (χ2n) is 6.35. The Morgan fingerprint density at radius 2 is 1.75 bits per heavy atom. The largest absolute Gasteiger partial charge is 0.342 e. The van der Waals surface area contributed by atoms with E-state index in [1.54, 1.807) is 34.6 Å². The first-order valence-corrected chi connectivity index (χ1v) is 7.00. The van der Waals surface area contributed by atoms with Crippen molar-refractivity contribution in [1.29, 1.82) is 0 Å². The standard InChI is InChI=1S/C14H24F2N2O2/c1-6-14(7-2)12(20)17-10(13(3,4)5)11(19)18(14)8-9(15)16/h9-10H,6-8H2,1-5H3,(H,17,20). The summed E-state index contributed by atoms with van der Waals surface area (Å²) in [6.45, 7) is 8.21. The molecular formula is C14H24F2N2O2. The highest BCUT2D eigenvalue weighted by Crippen LogP contribution is 2.34. The van der Waals surface area contributed by atoms with Crippen molar-refractivity contribution < 1.29 is 18.4 Å². The van der Waals surface area contributed by atoms with Gasteiger partial charge in [-0.15, -0.1) is 0 Å². The first-order valence-electron chi connectivity index (χ1n) is 7.00. The summed E-state index contributed by atoms with van der Waals surface area (Å²) in [5.41, 5.74) is -1.67. The van der Waals surface area contributed by atoms with Gasteiger partial charge in [-0.05, 0) is 18.3 Å². The first kappa shape index (κ1) is 16.9. The molecule has 4 nitrogen and oxygen atoms in total. The molecular weight excluding hydrogens is 266 g/mol. The lowest BCUT2D eigenvalue weighted by atomic mass is 9.79. The van der Waals surface area contributed by atoms with E-state index in [4.69, 9.17) is 0 Å². The minimum absolute atomic E-state index is 0.324. The lowest BCUT2D eigenvalue weighted by molar-refractivity contribution is -0.164. The summed E-state index contributed by atoms with van der Waals surface area (Å²) in [5, 5.41) is 2.73. The van der Waals surface area contributed by atoms with Gasteiger partial charge in [0.15, 0.2) is 0 Å². The van der Waals surface area contributed by atoms with Gasteiger partial charge in [0.2, 0.25) is 11.8 Å². The number of rotatable bonds is 4. The van der Waals surface area contributed by atoms with Gasteiger partial charge in [0.25, 0.3) is 6.43 Å². The predicted molar refractivity (Wildman–Crippen MR) is 72.4 cm³/mol. The average Bonchev–Trinajstić information content (AvgIpc) is 2.33. The molecule has 1 aliphatic rings. The quantitative estimate of drug-likeness (QED) is 0.863. The molecule has 0 radical (unpaired) electrons. The minimum Gasteiger partial charge on any atom is -0.342 e. The van der Waals surface area contributed by atoms with Gasteiger partial charge < -0.3 is 10.2 Å². The van der Waals surface area contributed by atoms with Crippen molar-refractivity contribution in [2.45, 2.75) is 65.5 Å². The molecule has 20 heavy (non-hydrogen) atoms. The van der Waals surface area contributed by atoms with Crippen molar-refractivity contribution in [3.05, 3.63) is 0 Å². The third-order valence-electron chi connectivity index (χ3n) is 4.08. The van der Waals surface area contributed by atoms with E-state index in [2.05, 4.69) is 5.32 Å². The lowest BCUT2D eigenvalue weighted by Crippen LogP contribution is -2.73. The Hall–Kier alpha value is -1.20. The SMILES string of the molecule is CCC1(CC)C(=O)NC(C(C)(C)C)C(=O)N1CC(F)F. The van der Waals surface area contributed by atoms with Gasteiger partial charge >= 0.3 is 0 Å². The maximum Gasteiger partial charge on any atom is 0.255 e. The molecule has 0 saturated carbocycles. The molecule has 6 heteroatoms. The van der Waals surface area contributed by atoms with E-state index in [0.717, 1.165) is 4.90 Å². The number of carbonyl (C=O) groups excluding carboxylic acids is 2. The molecule has 1 N–H and O–H groups in total. The fraction of sp³-hybridized carbons (Fsp3) is 0.857. The summed E-state index contributed by atoms with van der Waals surface area (Å²) in [4.78, 5) is 26.1. The zero-order valence-electron chi connectivity index (χ0n) is 12.8. The average molecular weight is 290 g/mol. The van der Waals surface area contributed by atoms with Gasteiger partial charge in [-0.1, -0.05) is 34.6 Å². The van der Waals surface area contributed by atoms with Crippen LogP contribution in [0.3, 0.4) is 0 Å². The Labute approximate surface area is 118 Å². The number of carbonyl (C=O) groups is 2. The summed E-state index contributed by atoms with van der Waals surface area (Å²) in [6.07, 6.45) is -2.00. The maximum atomic E-state index is 12.8. The van der Waals surface area contributed by atoms with Crippen LogP contribution in [-0.2, 0) is 9.59 Å². The van der Waals surface area contributed by atoms with Crippen LogP contribution in [0.15, 0.2) is 0 Å². The van der Waals surface area contributed by atoms with Crippen molar-refractivity contribution in [2.75, 3.05) is 6.54 Å². The third-order valence-corrected chi connectivity index (χ3v) is 4.08. The van der Waals surface area contributed by atoms with Crippen LogP contribution in [0, 0.1) is 5.41 Å². The highest BCUT2D eigenvalue weighted by molar-refractivity contribution is 6.00. The van der Waals surface area contributed by atoms with Gasteiger partial charge in [0.1, 0.15) is 11.6 Å². The summed E-state index contributed by atoms with van der Waals surface area (Å²) in [5.74, 6) is -0.747. The molecule has 0 aromatic rings. The van der Waals surface area contributed by atoms with Crippen molar-refractivity contribution in [2.24, 2.45) is 5.41 Å². The van der Waals surface area contributed by atoms with Gasteiger partial charge in [-0.25, -0.2) is 8.78 Å². The molecule has 1 rings (SSSR count). The Bertz CT molecular complexity index is 387. The molecule has 1 heterocycles. The number of piperazine rings is 1. The third kappa shape index (κ3) is 2.79. The number of nitrogens with one attached hydrogen (secondary N) is 1. The molecule has 116 valence electrons. The van der Waals surface area contributed by atoms with Gasteiger partial charge in [-0.3, -0.25) is 9.59 Å². The molecule has 1 saturated heterocycles. The van der Waals surface area contributed by atoms with E-state index in [9.17, 15) is 18.4 Å². The number of amides is 2. The summed E-state index contributed by atoms with van der Waals surface area (Å²) < 4.78 is 25.7. The van der Waals surface area contributed by atoms with Crippen LogP contribution in [0.25, 0.3) is 0 Å². The lowest BCUT2D eigenvalue weighted by Gasteiger charge is -2.50. The molecule has 0 aromatic carbocycles. The maximum absolute atomic E-state index is 12.8. The monoisotopic (exact) mass is 290 g/mol. The molecule has 1 aliphatic heterocycles. The number of hydrogen-bond donors (Lipinski definition) is 1. The van der Waals surface area contributed by atoms with E-state index in [0.29, 0.717) is 12.8 Å². The van der Waals surface area contributed by atoms with Crippen LogP contribution in [0.2, 0.25) is 0 Å². The second kappa shape index (κ2) is 5.66. The smallest absolute Gasteiger partial charge is 0.255 e. The molecule has 0 aromatic heterocycles. The van der Waals surface area contributed by atoms with E-state index in [1.807, 2.05) is 0 Å². The van der Waals surface area contributed by atoms with Gasteiger partial charge in [-0.2, -0.15) is 0 Å². The number of alkyl halides is 2. The zero-order valence-corrected chi connectivity index (χ0v) is 12.8. The fourth-order valence-corrected chi connectivity index (χ4v) is 2.76. The highest BCUT2D eigenvalue weighted by Gasteiger charge is 2.53. The predicted octanol–water partition coefficient (Wildman–Crippen LogP) is 2.18. The normalized spacial score (nSPS) is 23.2. The van der Waals surface area contributed by atoms with Crippen LogP contribution in [0.5, 0.6) is 0 Å². The summed E-state index contributed by atoms with van der Waals surface area (Å²) in [7, 11) is 0. The van der Waals surface area contributed by atoms with Crippen LogP contribution >= 0.6 is 0 Å². The molecule has 0 aliphatic carbocycles. The van der Waals surface area contributed by atoms with E-state index >= 15 is 0 Å². The molecule has 2 amide bonds. The molecule has 1 atom stereocenters. The Balaban J connectivity index is 3.24. The molecule has 1 unspecified atom stereocenters. The van der Waals surface area contributed by atoms with Crippen LogP contribution in [0.4, 0.5) is 8.78 Å². The first-order chi connectivity index (χ1) is 9.10. The topological polar surface area (TPSA) is 49.4 Å². The van der Waals surface area contributed by atoms with Gasteiger partial charge in [0.05, 0.1) is 6.54 Å². The number of halogens is 2. The molecule has 0 spiro atoms. The number of hydrogen-bond acceptors (Lipinski definition) is 2. The Morgan fingerprint density at radius 3 is 2.10 bits per heavy atom. The van der Waals surface area contributed by atoms with Crippen LogP contribution in [-0.4, -0.2) is 41.3 Å². The van der Waals surface area contributed by atoms with Crippen LogP contribution < -0.4 is 5.32 Å². The molecule has 0 bridgehead atoms. The molecule has 1 fully saturated rings. The van der Waals surface area contributed by atoms with Crippen molar-refractivity contribution >= 4 is 11.8 Å². The van der Waals surface area contributed by atoms with Crippen molar-refractivity contribution in [3.63, 3.8) is 0 Å². The van der Waals surface area contributed by atoms with Crippen molar-refractivity contribution in [1.82, 2.24) is 10.2 Å². The van der Waals surface area contributed by atoms with Crippen LogP contribution in [0.1, 0.15) is 47.5 Å². The second-order valence-corrected chi connectivity index (χ2v) is 6.35. The zero-order chi connectivity index (χ0) is 15.7. The Morgan fingerprint density at radius 1 is 1.25 bits per heavy atom. The highest BCUT2D eigenvalue weighted by atomic mass is 19.3.